The summed E-state index contributed by atoms with van der Waals surface area (Å²) < 4.78 is 40.1. The van der Waals surface area contributed by atoms with Crippen LogP contribution in [-0.4, -0.2) is 30.9 Å². The molecule has 1 aromatic heterocycles. The molecule has 3 atom stereocenters. The number of hydrogen-bond acceptors (Lipinski definition) is 8. The smallest absolute Gasteiger partial charge is 0.338 e. The molecule has 2 heterocycles. The van der Waals surface area contributed by atoms with Gasteiger partial charge in [-0.1, -0.05) is 24.3 Å². The Hall–Kier alpha value is -4.31. The zero-order valence-corrected chi connectivity index (χ0v) is 23.3. The van der Waals surface area contributed by atoms with E-state index in [-0.39, 0.29) is 42.2 Å². The summed E-state index contributed by atoms with van der Waals surface area (Å²) >= 11 is 1.39. The quantitative estimate of drug-likeness (QED) is 0.290. The van der Waals surface area contributed by atoms with Crippen molar-refractivity contribution in [1.29, 1.82) is 0 Å². The molecule has 1 aliphatic heterocycles. The fraction of sp³-hybridized carbons (Fsp3) is 0.258. The van der Waals surface area contributed by atoms with Crippen LogP contribution in [0.2, 0.25) is 0 Å². The second kappa shape index (κ2) is 11.7. The van der Waals surface area contributed by atoms with Gasteiger partial charge in [0.05, 0.1) is 24.7 Å². The summed E-state index contributed by atoms with van der Waals surface area (Å²) in [5.41, 5.74) is 7.42. The molecule has 2 aliphatic rings. The Labute approximate surface area is 239 Å². The highest BCUT2D eigenvalue weighted by molar-refractivity contribution is 7.10. The van der Waals surface area contributed by atoms with Crippen LogP contribution < -0.4 is 10.6 Å². The Morgan fingerprint density at radius 1 is 1.00 bits per heavy atom. The fourth-order valence-corrected chi connectivity index (χ4v) is 6.48. The van der Waals surface area contributed by atoms with E-state index in [1.54, 1.807) is 19.9 Å². The zero-order chi connectivity index (χ0) is 29.3. The number of thiophene rings is 1. The monoisotopic (exact) mass is 578 g/mol. The Morgan fingerprint density at radius 3 is 2.34 bits per heavy atom. The number of hydrogen-bond donors (Lipinski definition) is 1. The lowest BCUT2D eigenvalue weighted by atomic mass is 9.68. The van der Waals surface area contributed by atoms with E-state index >= 15 is 4.39 Å². The minimum Gasteiger partial charge on any atom is -0.465 e. The van der Waals surface area contributed by atoms with Crippen molar-refractivity contribution in [2.45, 2.75) is 32.1 Å². The summed E-state index contributed by atoms with van der Waals surface area (Å²) in [5.74, 6) is -6.46. The first-order valence-electron chi connectivity index (χ1n) is 13.2. The Bertz CT molecular complexity index is 1550. The maximum Gasteiger partial charge on any atom is 0.338 e. The third-order valence-corrected chi connectivity index (χ3v) is 8.29. The number of benzene rings is 2. The minimum atomic E-state index is -1.25. The summed E-state index contributed by atoms with van der Waals surface area (Å²) in [6.07, 6.45) is 0.143. The van der Waals surface area contributed by atoms with Crippen LogP contribution in [0.25, 0.3) is 0 Å². The molecule has 0 saturated carbocycles. The number of carbonyl (C=O) groups is 3. The molecule has 0 spiro atoms. The zero-order valence-electron chi connectivity index (χ0n) is 22.4. The van der Waals surface area contributed by atoms with Crippen LogP contribution in [0.1, 0.15) is 42.5 Å². The van der Waals surface area contributed by atoms with Crippen molar-refractivity contribution in [3.8, 4) is 0 Å². The number of ketones is 1. The van der Waals surface area contributed by atoms with E-state index in [2.05, 4.69) is 0 Å². The van der Waals surface area contributed by atoms with Gasteiger partial charge in [-0.15, -0.1) is 11.3 Å². The lowest BCUT2D eigenvalue weighted by molar-refractivity contribution is -0.152. The van der Waals surface area contributed by atoms with Crippen molar-refractivity contribution >= 4 is 34.7 Å². The molecule has 5 rings (SSSR count). The molecule has 3 aromatic rings. The van der Waals surface area contributed by atoms with Gasteiger partial charge < -0.3 is 15.2 Å². The SMILES string of the molecule is CCOC(=O)C1=C(N)N(c2ccc(F)cc2)C2=C(C(=O)[C@@H](C(=O)OCC)[C@@H](c3cccs3)C2)[C@@H]1c1ccccc1F. The van der Waals surface area contributed by atoms with E-state index in [1.165, 1.54) is 58.7 Å². The average Bonchev–Trinajstić information content (AvgIpc) is 3.49. The molecule has 0 unspecified atom stereocenters. The number of anilines is 1. The Balaban J connectivity index is 1.83. The first kappa shape index (κ1) is 28.2. The van der Waals surface area contributed by atoms with Crippen LogP contribution in [0.4, 0.5) is 14.5 Å². The molecular formula is C31H28F2N2O5S. The first-order valence-corrected chi connectivity index (χ1v) is 14.1. The number of halogens is 2. The highest BCUT2D eigenvalue weighted by Gasteiger charge is 2.52. The average molecular weight is 579 g/mol. The first-order chi connectivity index (χ1) is 19.8. The van der Waals surface area contributed by atoms with Crippen molar-refractivity contribution in [2.75, 3.05) is 18.1 Å². The topological polar surface area (TPSA) is 98.9 Å². The van der Waals surface area contributed by atoms with Gasteiger partial charge in [0.25, 0.3) is 0 Å². The maximum atomic E-state index is 15.5. The normalized spacial score (nSPS) is 20.6. The van der Waals surface area contributed by atoms with Gasteiger partial charge in [-0.25, -0.2) is 13.6 Å². The molecule has 41 heavy (non-hydrogen) atoms. The van der Waals surface area contributed by atoms with E-state index in [4.69, 9.17) is 15.2 Å². The summed E-state index contributed by atoms with van der Waals surface area (Å²) in [6, 6.07) is 14.9. The van der Waals surface area contributed by atoms with Crippen molar-refractivity contribution in [2.24, 2.45) is 11.7 Å². The number of allylic oxidation sites excluding steroid dienone is 2. The van der Waals surface area contributed by atoms with Gasteiger partial charge in [-0.2, -0.15) is 0 Å². The summed E-state index contributed by atoms with van der Waals surface area (Å²) in [5, 5.41) is 1.85. The van der Waals surface area contributed by atoms with Gasteiger partial charge in [0.2, 0.25) is 0 Å². The van der Waals surface area contributed by atoms with Crippen molar-refractivity contribution in [3.05, 3.63) is 111 Å². The fourth-order valence-electron chi connectivity index (χ4n) is 5.61. The molecule has 0 radical (unpaired) electrons. The van der Waals surface area contributed by atoms with E-state index in [0.29, 0.717) is 11.4 Å². The number of ether oxygens (including phenoxy) is 2. The molecule has 0 bridgehead atoms. The van der Waals surface area contributed by atoms with Crippen LogP contribution in [0.5, 0.6) is 0 Å². The highest BCUT2D eigenvalue weighted by atomic mass is 32.1. The molecule has 2 aromatic carbocycles. The predicted octanol–water partition coefficient (Wildman–Crippen LogP) is 5.55. The summed E-state index contributed by atoms with van der Waals surface area (Å²) in [6.45, 7) is 3.33. The van der Waals surface area contributed by atoms with Crippen molar-refractivity contribution < 1.29 is 32.6 Å². The highest BCUT2D eigenvalue weighted by Crippen LogP contribution is 2.52. The van der Waals surface area contributed by atoms with E-state index in [0.717, 1.165) is 4.88 Å². The molecule has 1 aliphatic carbocycles. The van der Waals surface area contributed by atoms with E-state index < -0.39 is 47.1 Å². The van der Waals surface area contributed by atoms with Crippen molar-refractivity contribution in [3.63, 3.8) is 0 Å². The lowest BCUT2D eigenvalue weighted by Gasteiger charge is -2.43. The summed E-state index contributed by atoms with van der Waals surface area (Å²) in [4.78, 5) is 43.7. The number of esters is 2. The van der Waals surface area contributed by atoms with Crippen LogP contribution in [0.3, 0.4) is 0 Å². The molecule has 2 N–H and O–H groups in total. The standard InChI is InChI=1S/C31H28F2N2O5S/c1-3-39-30(37)25-20(23-10-7-15-41-23)16-22-26(28(25)36)24(19-8-5-6-9-21(19)33)27(31(38)40-4-2)29(34)35(22)18-13-11-17(32)12-14-18/h5-15,20,24-25H,3-4,16,34H2,1-2H3/t20-,24+,25+/m1/s1. The molecule has 0 saturated heterocycles. The van der Waals surface area contributed by atoms with E-state index in [1.807, 2.05) is 17.5 Å². The van der Waals surface area contributed by atoms with Crippen LogP contribution in [0.15, 0.2) is 88.7 Å². The number of nitrogens with zero attached hydrogens (tertiary/aromatic N) is 1. The number of carbonyl (C=O) groups excluding carboxylic acids is 3. The van der Waals surface area contributed by atoms with Gasteiger partial charge in [0, 0.05) is 33.3 Å². The van der Waals surface area contributed by atoms with Gasteiger partial charge in [0.15, 0.2) is 5.78 Å². The second-order valence-electron chi connectivity index (χ2n) is 9.57. The predicted molar refractivity (Wildman–Crippen MR) is 150 cm³/mol. The molecule has 0 fully saturated rings. The molecule has 0 amide bonds. The largest absolute Gasteiger partial charge is 0.465 e. The third kappa shape index (κ3) is 5.04. The van der Waals surface area contributed by atoms with Crippen LogP contribution in [-0.2, 0) is 23.9 Å². The molecular weight excluding hydrogens is 550 g/mol. The maximum absolute atomic E-state index is 15.5. The second-order valence-corrected chi connectivity index (χ2v) is 10.5. The molecule has 7 nitrogen and oxygen atoms in total. The van der Waals surface area contributed by atoms with Crippen LogP contribution in [0, 0.1) is 17.6 Å². The van der Waals surface area contributed by atoms with Gasteiger partial charge in [0.1, 0.15) is 23.4 Å². The summed E-state index contributed by atoms with van der Waals surface area (Å²) in [7, 11) is 0. The number of rotatable bonds is 7. The van der Waals surface area contributed by atoms with Crippen LogP contribution >= 0.6 is 11.3 Å². The minimum absolute atomic E-state index is 0.00189. The van der Waals surface area contributed by atoms with Crippen molar-refractivity contribution in [1.82, 2.24) is 0 Å². The molecule has 212 valence electrons. The Kier molecular flexibility index (Phi) is 8.03. The molecule has 10 heteroatoms. The van der Waals surface area contributed by atoms with E-state index in [9.17, 15) is 18.8 Å². The lowest BCUT2D eigenvalue weighted by Crippen LogP contribution is -2.46. The van der Waals surface area contributed by atoms with Gasteiger partial charge in [-0.05, 0) is 62.0 Å². The van der Waals surface area contributed by atoms with Gasteiger partial charge in [-0.3, -0.25) is 14.5 Å². The van der Waals surface area contributed by atoms with Gasteiger partial charge >= 0.3 is 11.9 Å². The number of nitrogens with two attached hydrogens (primary N) is 1. The third-order valence-electron chi connectivity index (χ3n) is 7.28. The number of Topliss-reactive ketones (excluding diaryl/α,β-unsaturated/α-hetero) is 1. The Morgan fingerprint density at radius 2 is 1.71 bits per heavy atom.